The van der Waals surface area contributed by atoms with E-state index in [0.29, 0.717) is 25.1 Å². The van der Waals surface area contributed by atoms with Gasteiger partial charge in [-0.1, -0.05) is 12.1 Å². The molecule has 1 amide bonds. The maximum Gasteiger partial charge on any atom is 0.251 e. The number of nitrogens with two attached hydrogens (primary N) is 1. The van der Waals surface area contributed by atoms with E-state index in [1.54, 1.807) is 23.1 Å². The lowest BCUT2D eigenvalue weighted by Crippen LogP contribution is -2.26. The molecule has 0 atom stereocenters. The van der Waals surface area contributed by atoms with Crippen molar-refractivity contribution >= 4 is 5.91 Å². The number of nitrogens with zero attached hydrogens (tertiary/aromatic N) is 3. The minimum Gasteiger partial charge on any atom is -0.352 e. The molecule has 0 radical (unpaired) electrons. The summed E-state index contributed by atoms with van der Waals surface area (Å²) in [6.07, 6.45) is 2.26. The third-order valence-electron chi connectivity index (χ3n) is 2.73. The van der Waals surface area contributed by atoms with Crippen LogP contribution in [0.25, 0.3) is 0 Å². The second-order valence-corrected chi connectivity index (χ2v) is 4.24. The van der Waals surface area contributed by atoms with Crippen LogP contribution in [0.3, 0.4) is 0 Å². The second kappa shape index (κ2) is 6.10. The van der Waals surface area contributed by atoms with Crippen molar-refractivity contribution < 1.29 is 4.79 Å². The van der Waals surface area contributed by atoms with E-state index < -0.39 is 0 Å². The molecule has 0 aliphatic carbocycles. The summed E-state index contributed by atoms with van der Waals surface area (Å²) in [5, 5.41) is 6.98. The SMILES string of the molecule is Cn1cnc(CCNC(=O)c2ccc(CN)cc2)n1. The van der Waals surface area contributed by atoms with Gasteiger partial charge in [-0.15, -0.1) is 0 Å². The summed E-state index contributed by atoms with van der Waals surface area (Å²) >= 11 is 0. The Labute approximate surface area is 111 Å². The van der Waals surface area contributed by atoms with Crippen LogP contribution < -0.4 is 11.1 Å². The number of amides is 1. The third-order valence-corrected chi connectivity index (χ3v) is 2.73. The number of carbonyl (C=O) groups excluding carboxylic acids is 1. The van der Waals surface area contributed by atoms with E-state index in [-0.39, 0.29) is 5.91 Å². The molecule has 0 saturated carbocycles. The van der Waals surface area contributed by atoms with E-state index in [1.807, 2.05) is 19.2 Å². The average molecular weight is 259 g/mol. The molecule has 6 heteroatoms. The molecule has 0 fully saturated rings. The standard InChI is InChI=1S/C13H17N5O/c1-18-9-16-12(17-18)6-7-15-13(19)11-4-2-10(8-14)3-5-11/h2-5,9H,6-8,14H2,1H3,(H,15,19). The second-order valence-electron chi connectivity index (χ2n) is 4.24. The predicted molar refractivity (Wildman–Crippen MR) is 71.4 cm³/mol. The lowest BCUT2D eigenvalue weighted by Gasteiger charge is -2.04. The number of benzene rings is 1. The van der Waals surface area contributed by atoms with E-state index >= 15 is 0 Å². The van der Waals surface area contributed by atoms with Gasteiger partial charge in [0.1, 0.15) is 6.33 Å². The molecule has 2 rings (SSSR count). The number of aromatic nitrogens is 3. The lowest BCUT2D eigenvalue weighted by atomic mass is 10.1. The molecule has 19 heavy (non-hydrogen) atoms. The number of hydrogen-bond donors (Lipinski definition) is 2. The van der Waals surface area contributed by atoms with Crippen LogP contribution >= 0.6 is 0 Å². The van der Waals surface area contributed by atoms with Gasteiger partial charge >= 0.3 is 0 Å². The topological polar surface area (TPSA) is 85.8 Å². The van der Waals surface area contributed by atoms with E-state index in [4.69, 9.17) is 5.73 Å². The summed E-state index contributed by atoms with van der Waals surface area (Å²) < 4.78 is 1.64. The molecular formula is C13H17N5O. The maximum absolute atomic E-state index is 11.9. The van der Waals surface area contributed by atoms with Gasteiger partial charge in [-0.3, -0.25) is 9.48 Å². The van der Waals surface area contributed by atoms with Gasteiger partial charge in [-0.2, -0.15) is 5.10 Å². The molecule has 100 valence electrons. The van der Waals surface area contributed by atoms with Crippen LogP contribution in [0.5, 0.6) is 0 Å². The summed E-state index contributed by atoms with van der Waals surface area (Å²) in [4.78, 5) is 15.9. The van der Waals surface area contributed by atoms with Crippen LogP contribution in [-0.4, -0.2) is 27.2 Å². The first-order valence-electron chi connectivity index (χ1n) is 6.11. The Morgan fingerprint density at radius 3 is 2.68 bits per heavy atom. The van der Waals surface area contributed by atoms with E-state index in [0.717, 1.165) is 11.4 Å². The highest BCUT2D eigenvalue weighted by molar-refractivity contribution is 5.94. The zero-order chi connectivity index (χ0) is 13.7. The molecule has 0 bridgehead atoms. The minimum absolute atomic E-state index is 0.0977. The van der Waals surface area contributed by atoms with Crippen LogP contribution in [0.1, 0.15) is 21.7 Å². The van der Waals surface area contributed by atoms with Crippen LogP contribution in [-0.2, 0) is 20.0 Å². The fourth-order valence-corrected chi connectivity index (χ4v) is 1.68. The zero-order valence-corrected chi connectivity index (χ0v) is 10.8. The van der Waals surface area contributed by atoms with Crippen molar-refractivity contribution in [1.29, 1.82) is 0 Å². The first kappa shape index (κ1) is 13.2. The number of rotatable bonds is 5. The normalized spacial score (nSPS) is 10.4. The molecule has 2 aromatic rings. The van der Waals surface area contributed by atoms with Crippen molar-refractivity contribution in [3.8, 4) is 0 Å². The van der Waals surface area contributed by atoms with Crippen molar-refractivity contribution in [2.75, 3.05) is 6.54 Å². The number of aryl methyl sites for hydroxylation is 1. The first-order chi connectivity index (χ1) is 9.19. The molecule has 0 aliphatic rings. The Hall–Kier alpha value is -2.21. The Morgan fingerprint density at radius 2 is 2.11 bits per heavy atom. The van der Waals surface area contributed by atoms with Gasteiger partial charge < -0.3 is 11.1 Å². The van der Waals surface area contributed by atoms with Crippen molar-refractivity contribution in [2.24, 2.45) is 12.8 Å². The van der Waals surface area contributed by atoms with Gasteiger partial charge in [0.2, 0.25) is 0 Å². The third kappa shape index (κ3) is 3.62. The number of nitrogens with one attached hydrogen (secondary N) is 1. The van der Waals surface area contributed by atoms with Crippen LogP contribution in [0, 0.1) is 0 Å². The summed E-state index contributed by atoms with van der Waals surface area (Å²) in [6, 6.07) is 7.26. The summed E-state index contributed by atoms with van der Waals surface area (Å²) in [6.45, 7) is 0.995. The van der Waals surface area contributed by atoms with Crippen molar-refractivity contribution in [2.45, 2.75) is 13.0 Å². The van der Waals surface area contributed by atoms with Crippen molar-refractivity contribution in [1.82, 2.24) is 20.1 Å². The van der Waals surface area contributed by atoms with E-state index in [1.165, 1.54) is 0 Å². The van der Waals surface area contributed by atoms with E-state index in [2.05, 4.69) is 15.4 Å². The highest BCUT2D eigenvalue weighted by Crippen LogP contribution is 2.03. The molecular weight excluding hydrogens is 242 g/mol. The van der Waals surface area contributed by atoms with Gasteiger partial charge in [0.15, 0.2) is 5.82 Å². The predicted octanol–water partition coefficient (Wildman–Crippen LogP) is 0.246. The van der Waals surface area contributed by atoms with Gasteiger partial charge in [0, 0.05) is 32.1 Å². The molecule has 1 aromatic carbocycles. The van der Waals surface area contributed by atoms with Crippen LogP contribution in [0.15, 0.2) is 30.6 Å². The molecule has 6 nitrogen and oxygen atoms in total. The van der Waals surface area contributed by atoms with E-state index in [9.17, 15) is 4.79 Å². The van der Waals surface area contributed by atoms with Crippen LogP contribution in [0.2, 0.25) is 0 Å². The van der Waals surface area contributed by atoms with Gasteiger partial charge in [-0.05, 0) is 17.7 Å². The fourth-order valence-electron chi connectivity index (χ4n) is 1.68. The lowest BCUT2D eigenvalue weighted by molar-refractivity contribution is 0.0954. The molecule has 0 unspecified atom stereocenters. The minimum atomic E-state index is -0.0977. The van der Waals surface area contributed by atoms with Crippen molar-refractivity contribution in [3.05, 3.63) is 47.5 Å². The molecule has 1 heterocycles. The zero-order valence-electron chi connectivity index (χ0n) is 10.8. The average Bonchev–Trinajstić information content (AvgIpc) is 2.84. The summed E-state index contributed by atoms with van der Waals surface area (Å²) in [5.74, 6) is 0.626. The maximum atomic E-state index is 11.9. The molecule has 0 spiro atoms. The van der Waals surface area contributed by atoms with Crippen LogP contribution in [0.4, 0.5) is 0 Å². The van der Waals surface area contributed by atoms with Gasteiger partial charge in [0.05, 0.1) is 0 Å². The highest BCUT2D eigenvalue weighted by atomic mass is 16.1. The molecule has 3 N–H and O–H groups in total. The Bertz CT molecular complexity index is 546. The van der Waals surface area contributed by atoms with Gasteiger partial charge in [-0.25, -0.2) is 4.98 Å². The van der Waals surface area contributed by atoms with Crippen molar-refractivity contribution in [3.63, 3.8) is 0 Å². The monoisotopic (exact) mass is 259 g/mol. The fraction of sp³-hybridized carbons (Fsp3) is 0.308. The number of hydrogen-bond acceptors (Lipinski definition) is 4. The molecule has 1 aromatic heterocycles. The van der Waals surface area contributed by atoms with Gasteiger partial charge in [0.25, 0.3) is 5.91 Å². The molecule has 0 aliphatic heterocycles. The Morgan fingerprint density at radius 1 is 1.37 bits per heavy atom. The molecule has 0 saturated heterocycles. The Balaban J connectivity index is 1.83. The summed E-state index contributed by atoms with van der Waals surface area (Å²) in [7, 11) is 1.81. The largest absolute Gasteiger partial charge is 0.352 e. The number of carbonyl (C=O) groups is 1. The smallest absolute Gasteiger partial charge is 0.251 e. The highest BCUT2D eigenvalue weighted by Gasteiger charge is 2.05. The quantitative estimate of drug-likeness (QED) is 0.805. The Kier molecular flexibility index (Phi) is 4.25. The first-order valence-corrected chi connectivity index (χ1v) is 6.11. The summed E-state index contributed by atoms with van der Waals surface area (Å²) in [5.41, 5.74) is 7.15.